The Kier molecular flexibility index (Phi) is 8.40. The predicted octanol–water partition coefficient (Wildman–Crippen LogP) is 5.29. The molecule has 0 unspecified atom stereocenters. The molecule has 1 aromatic heterocycles. The maximum absolute atomic E-state index is 12.7. The SMILES string of the molecule is Cc1ccc(Cl)cc1NC(=O)CSc1nnc([C@H](NC(=O)c2ccc(Cl)cc2)C(C)C)n1C. The molecule has 174 valence electrons. The highest BCUT2D eigenvalue weighted by molar-refractivity contribution is 7.99. The van der Waals surface area contributed by atoms with Crippen molar-refractivity contribution in [1.29, 1.82) is 0 Å². The molecule has 0 fully saturated rings. The quantitative estimate of drug-likeness (QED) is 0.406. The summed E-state index contributed by atoms with van der Waals surface area (Å²) in [7, 11) is 1.82. The first-order valence-corrected chi connectivity index (χ1v) is 12.0. The van der Waals surface area contributed by atoms with Crippen molar-refractivity contribution < 1.29 is 9.59 Å². The maximum Gasteiger partial charge on any atom is 0.251 e. The highest BCUT2D eigenvalue weighted by Gasteiger charge is 2.25. The number of anilines is 1. The van der Waals surface area contributed by atoms with E-state index in [-0.39, 0.29) is 29.5 Å². The van der Waals surface area contributed by atoms with Gasteiger partial charge in [-0.3, -0.25) is 9.59 Å². The molecular formula is C23H25Cl2N5O2S. The molecule has 0 aliphatic heterocycles. The summed E-state index contributed by atoms with van der Waals surface area (Å²) in [6.45, 7) is 5.89. The molecule has 7 nitrogen and oxygen atoms in total. The van der Waals surface area contributed by atoms with Crippen LogP contribution in [-0.4, -0.2) is 32.3 Å². The summed E-state index contributed by atoms with van der Waals surface area (Å²) < 4.78 is 1.80. The smallest absolute Gasteiger partial charge is 0.251 e. The number of carbonyl (C=O) groups excluding carboxylic acids is 2. The van der Waals surface area contributed by atoms with Crippen LogP contribution in [0, 0.1) is 12.8 Å². The largest absolute Gasteiger partial charge is 0.342 e. The van der Waals surface area contributed by atoms with Crippen LogP contribution in [0.15, 0.2) is 47.6 Å². The van der Waals surface area contributed by atoms with Gasteiger partial charge in [0.25, 0.3) is 5.91 Å². The summed E-state index contributed by atoms with van der Waals surface area (Å²) in [6, 6.07) is 11.7. The van der Waals surface area contributed by atoms with E-state index in [9.17, 15) is 9.59 Å². The van der Waals surface area contributed by atoms with E-state index in [0.29, 0.717) is 32.3 Å². The van der Waals surface area contributed by atoms with Crippen LogP contribution in [0.3, 0.4) is 0 Å². The highest BCUT2D eigenvalue weighted by Crippen LogP contribution is 2.25. The molecule has 0 aliphatic rings. The van der Waals surface area contributed by atoms with Crippen LogP contribution >= 0.6 is 35.0 Å². The Bertz CT molecular complexity index is 1150. The molecule has 2 aromatic carbocycles. The number of amides is 2. The Morgan fingerprint density at radius 3 is 2.39 bits per heavy atom. The Morgan fingerprint density at radius 1 is 1.06 bits per heavy atom. The van der Waals surface area contributed by atoms with Gasteiger partial charge in [0.15, 0.2) is 11.0 Å². The third-order valence-electron chi connectivity index (χ3n) is 5.01. The predicted molar refractivity (Wildman–Crippen MR) is 133 cm³/mol. The lowest BCUT2D eigenvalue weighted by molar-refractivity contribution is -0.113. The second kappa shape index (κ2) is 11.0. The third kappa shape index (κ3) is 6.50. The molecule has 0 saturated carbocycles. The van der Waals surface area contributed by atoms with Crippen LogP contribution in [-0.2, 0) is 11.8 Å². The van der Waals surface area contributed by atoms with Crippen molar-refractivity contribution in [3.05, 3.63) is 69.5 Å². The maximum atomic E-state index is 12.7. The van der Waals surface area contributed by atoms with Gasteiger partial charge in [-0.05, 0) is 54.8 Å². The fourth-order valence-electron chi connectivity index (χ4n) is 3.12. The summed E-state index contributed by atoms with van der Waals surface area (Å²) in [5.74, 6) is 0.434. The van der Waals surface area contributed by atoms with Crippen molar-refractivity contribution >= 4 is 52.5 Å². The van der Waals surface area contributed by atoms with E-state index in [0.717, 1.165) is 5.56 Å². The summed E-state index contributed by atoms with van der Waals surface area (Å²) in [6.07, 6.45) is 0. The molecule has 3 aromatic rings. The Hall–Kier alpha value is -2.55. The monoisotopic (exact) mass is 505 g/mol. The number of rotatable bonds is 8. The van der Waals surface area contributed by atoms with E-state index in [1.54, 1.807) is 41.0 Å². The van der Waals surface area contributed by atoms with Crippen molar-refractivity contribution in [2.75, 3.05) is 11.1 Å². The van der Waals surface area contributed by atoms with Crippen molar-refractivity contribution in [3.8, 4) is 0 Å². The average molecular weight is 506 g/mol. The first-order valence-electron chi connectivity index (χ1n) is 10.3. The molecule has 3 rings (SSSR count). The molecule has 1 atom stereocenters. The minimum absolute atomic E-state index is 0.0658. The summed E-state index contributed by atoms with van der Waals surface area (Å²) in [5, 5.41) is 16.1. The molecule has 0 saturated heterocycles. The number of carbonyl (C=O) groups is 2. The van der Waals surface area contributed by atoms with Crippen LogP contribution in [0.4, 0.5) is 5.69 Å². The summed E-state index contributed by atoms with van der Waals surface area (Å²) in [5.41, 5.74) is 2.11. The second-order valence-corrected chi connectivity index (χ2v) is 9.71. The lowest BCUT2D eigenvalue weighted by Gasteiger charge is -2.21. The van der Waals surface area contributed by atoms with Crippen molar-refractivity contribution in [2.24, 2.45) is 13.0 Å². The molecule has 10 heteroatoms. The summed E-state index contributed by atoms with van der Waals surface area (Å²) in [4.78, 5) is 25.2. The highest BCUT2D eigenvalue weighted by atomic mass is 35.5. The standard InChI is InChI=1S/C23H25Cl2N5O2S/c1-13(2)20(27-22(32)15-6-9-16(24)10-7-15)21-28-29-23(30(21)4)33-12-19(31)26-18-11-17(25)8-5-14(18)3/h5-11,13,20H,12H2,1-4H3,(H,26,31)(H,27,32)/t20-/m1/s1. The fourth-order valence-corrected chi connectivity index (χ4v) is 4.14. The number of nitrogens with zero attached hydrogens (tertiary/aromatic N) is 3. The number of hydrogen-bond donors (Lipinski definition) is 2. The number of aryl methyl sites for hydroxylation is 1. The van der Waals surface area contributed by atoms with Gasteiger partial charge < -0.3 is 15.2 Å². The van der Waals surface area contributed by atoms with Gasteiger partial charge in [-0.2, -0.15) is 0 Å². The van der Waals surface area contributed by atoms with E-state index in [1.807, 2.05) is 33.9 Å². The van der Waals surface area contributed by atoms with Crippen LogP contribution in [0.1, 0.15) is 41.6 Å². The van der Waals surface area contributed by atoms with Gasteiger partial charge in [0, 0.05) is 28.3 Å². The molecule has 33 heavy (non-hydrogen) atoms. The van der Waals surface area contributed by atoms with Crippen LogP contribution < -0.4 is 10.6 Å². The summed E-state index contributed by atoms with van der Waals surface area (Å²) >= 11 is 13.2. The second-order valence-electron chi connectivity index (χ2n) is 7.90. The zero-order chi connectivity index (χ0) is 24.1. The Balaban J connectivity index is 1.67. The molecule has 0 spiro atoms. The minimum Gasteiger partial charge on any atom is -0.342 e. The van der Waals surface area contributed by atoms with Crippen LogP contribution in [0.5, 0.6) is 0 Å². The molecule has 2 N–H and O–H groups in total. The zero-order valence-corrected chi connectivity index (χ0v) is 21.1. The van der Waals surface area contributed by atoms with Crippen LogP contribution in [0.2, 0.25) is 10.0 Å². The van der Waals surface area contributed by atoms with E-state index in [4.69, 9.17) is 23.2 Å². The van der Waals surface area contributed by atoms with E-state index in [2.05, 4.69) is 20.8 Å². The third-order valence-corrected chi connectivity index (χ3v) is 6.52. The minimum atomic E-state index is -0.358. The van der Waals surface area contributed by atoms with Gasteiger partial charge in [-0.15, -0.1) is 10.2 Å². The molecule has 0 radical (unpaired) electrons. The number of thioether (sulfide) groups is 1. The van der Waals surface area contributed by atoms with Gasteiger partial charge in [-0.25, -0.2) is 0 Å². The van der Waals surface area contributed by atoms with Gasteiger partial charge in [0.2, 0.25) is 5.91 Å². The topological polar surface area (TPSA) is 88.9 Å². The Morgan fingerprint density at radius 2 is 1.73 bits per heavy atom. The molecular weight excluding hydrogens is 481 g/mol. The lowest BCUT2D eigenvalue weighted by Crippen LogP contribution is -2.33. The first-order chi connectivity index (χ1) is 15.7. The van der Waals surface area contributed by atoms with Gasteiger partial charge in [0.1, 0.15) is 0 Å². The van der Waals surface area contributed by atoms with Crippen molar-refractivity contribution in [3.63, 3.8) is 0 Å². The number of nitrogens with one attached hydrogen (secondary N) is 2. The molecule has 0 bridgehead atoms. The van der Waals surface area contributed by atoms with Crippen LogP contribution in [0.25, 0.3) is 0 Å². The number of benzene rings is 2. The molecule has 2 amide bonds. The van der Waals surface area contributed by atoms with Gasteiger partial charge >= 0.3 is 0 Å². The van der Waals surface area contributed by atoms with E-state index in [1.165, 1.54) is 11.8 Å². The van der Waals surface area contributed by atoms with Crippen molar-refractivity contribution in [1.82, 2.24) is 20.1 Å². The number of aromatic nitrogens is 3. The Labute approximate surface area is 207 Å². The lowest BCUT2D eigenvalue weighted by atomic mass is 10.0. The number of halogens is 2. The zero-order valence-electron chi connectivity index (χ0n) is 18.7. The first kappa shape index (κ1) is 25.1. The van der Waals surface area contributed by atoms with E-state index < -0.39 is 0 Å². The number of hydrogen-bond acceptors (Lipinski definition) is 5. The van der Waals surface area contributed by atoms with Crippen molar-refractivity contribution in [2.45, 2.75) is 32.0 Å². The van der Waals surface area contributed by atoms with Gasteiger partial charge in [-0.1, -0.05) is 54.9 Å². The van der Waals surface area contributed by atoms with E-state index >= 15 is 0 Å². The van der Waals surface area contributed by atoms with Gasteiger partial charge in [0.05, 0.1) is 11.8 Å². The molecule has 0 aliphatic carbocycles. The normalized spacial score (nSPS) is 12.0. The fraction of sp³-hybridized carbons (Fsp3) is 0.304. The molecule has 1 heterocycles. The average Bonchev–Trinajstić information content (AvgIpc) is 3.13.